The molecular formula is C17H20N2O2. The predicted octanol–water partition coefficient (Wildman–Crippen LogP) is 3.33. The van der Waals surface area contributed by atoms with Crippen molar-refractivity contribution >= 4 is 17.0 Å². The molecule has 2 fully saturated rings. The first kappa shape index (κ1) is 12.9. The second kappa shape index (κ2) is 4.86. The summed E-state index contributed by atoms with van der Waals surface area (Å²) in [7, 11) is 1.41. The van der Waals surface area contributed by atoms with Crippen molar-refractivity contribution < 1.29 is 9.53 Å². The fourth-order valence-electron chi connectivity index (χ4n) is 4.33. The average molecular weight is 284 g/mol. The minimum Gasteiger partial charge on any atom is -0.465 e. The lowest BCUT2D eigenvalue weighted by molar-refractivity contribution is 0.0603. The number of methoxy groups -OCH3 is 1. The van der Waals surface area contributed by atoms with Crippen molar-refractivity contribution in [2.45, 2.75) is 32.1 Å². The molecule has 2 bridgehead atoms. The number of carbonyl (C=O) groups excluding carboxylic acids is 1. The number of hydrogen-bond acceptors (Lipinski definition) is 3. The molecule has 2 saturated carbocycles. The third kappa shape index (κ3) is 2.13. The largest absolute Gasteiger partial charge is 0.465 e. The first-order chi connectivity index (χ1) is 10.2. The van der Waals surface area contributed by atoms with Gasteiger partial charge in [0.15, 0.2) is 0 Å². The van der Waals surface area contributed by atoms with Crippen LogP contribution in [0.4, 0.5) is 0 Å². The highest BCUT2D eigenvalue weighted by Gasteiger charge is 2.39. The van der Waals surface area contributed by atoms with Gasteiger partial charge in [0.05, 0.1) is 18.2 Å². The Hall–Kier alpha value is -1.84. The molecule has 1 N–H and O–H groups in total. The summed E-state index contributed by atoms with van der Waals surface area (Å²) >= 11 is 0. The number of benzene rings is 1. The summed E-state index contributed by atoms with van der Waals surface area (Å²) in [6.07, 6.45) is 6.59. The number of aromatic amines is 1. The van der Waals surface area contributed by atoms with Crippen molar-refractivity contribution in [3.63, 3.8) is 0 Å². The molecule has 0 aliphatic heterocycles. The zero-order valence-corrected chi connectivity index (χ0v) is 12.3. The van der Waals surface area contributed by atoms with Gasteiger partial charge < -0.3 is 9.72 Å². The van der Waals surface area contributed by atoms with Crippen molar-refractivity contribution in [1.29, 1.82) is 0 Å². The average Bonchev–Trinajstić information content (AvgIpc) is 3.19. The molecule has 0 amide bonds. The number of carbonyl (C=O) groups is 1. The number of hydrogen-bond donors (Lipinski definition) is 1. The van der Waals surface area contributed by atoms with Gasteiger partial charge in [0.1, 0.15) is 11.3 Å². The Bertz CT molecular complexity index is 691. The van der Waals surface area contributed by atoms with Crippen LogP contribution in [0.3, 0.4) is 0 Å². The SMILES string of the molecule is COC(=O)c1cccc2[nH]c(CC3CC4CCC3C4)nc12. The van der Waals surface area contributed by atoms with E-state index in [1.54, 1.807) is 6.07 Å². The smallest absolute Gasteiger partial charge is 0.340 e. The molecule has 1 aromatic carbocycles. The van der Waals surface area contributed by atoms with Gasteiger partial charge in [-0.3, -0.25) is 0 Å². The zero-order valence-electron chi connectivity index (χ0n) is 12.3. The maximum Gasteiger partial charge on any atom is 0.340 e. The van der Waals surface area contributed by atoms with Gasteiger partial charge >= 0.3 is 5.97 Å². The van der Waals surface area contributed by atoms with Gasteiger partial charge in [0, 0.05) is 6.42 Å². The number of ether oxygens (including phenoxy) is 1. The molecule has 1 aromatic heterocycles. The summed E-state index contributed by atoms with van der Waals surface area (Å²) < 4.78 is 4.83. The summed E-state index contributed by atoms with van der Waals surface area (Å²) in [5.41, 5.74) is 2.21. The van der Waals surface area contributed by atoms with Gasteiger partial charge in [-0.25, -0.2) is 9.78 Å². The molecule has 3 atom stereocenters. The van der Waals surface area contributed by atoms with Crippen LogP contribution in [0.25, 0.3) is 11.0 Å². The normalized spacial score (nSPS) is 27.4. The van der Waals surface area contributed by atoms with Crippen molar-refractivity contribution in [1.82, 2.24) is 9.97 Å². The van der Waals surface area contributed by atoms with Gasteiger partial charge in [-0.1, -0.05) is 12.5 Å². The molecule has 2 aromatic rings. The van der Waals surface area contributed by atoms with E-state index in [0.717, 1.165) is 41.0 Å². The van der Waals surface area contributed by atoms with Crippen molar-refractivity contribution in [2.75, 3.05) is 7.11 Å². The van der Waals surface area contributed by atoms with Crippen LogP contribution in [-0.2, 0) is 11.2 Å². The number of fused-ring (bicyclic) bond motifs is 3. The molecule has 2 aliphatic rings. The topological polar surface area (TPSA) is 55.0 Å². The van der Waals surface area contributed by atoms with Crippen molar-refractivity contribution in [3.05, 3.63) is 29.6 Å². The summed E-state index contributed by atoms with van der Waals surface area (Å²) in [6, 6.07) is 5.61. The molecule has 1 heterocycles. The highest BCUT2D eigenvalue weighted by atomic mass is 16.5. The van der Waals surface area contributed by atoms with E-state index in [4.69, 9.17) is 4.74 Å². The van der Waals surface area contributed by atoms with Gasteiger partial charge in [-0.05, 0) is 49.1 Å². The maximum atomic E-state index is 11.8. The number of imidazole rings is 1. The lowest BCUT2D eigenvalue weighted by Gasteiger charge is -2.20. The first-order valence-corrected chi connectivity index (χ1v) is 7.80. The molecule has 3 unspecified atom stereocenters. The second-order valence-electron chi connectivity index (χ2n) is 6.52. The molecular weight excluding hydrogens is 264 g/mol. The number of aromatic nitrogens is 2. The number of esters is 1. The first-order valence-electron chi connectivity index (χ1n) is 7.80. The molecule has 4 nitrogen and oxygen atoms in total. The van der Waals surface area contributed by atoms with Crippen LogP contribution in [0.15, 0.2) is 18.2 Å². The Morgan fingerprint density at radius 3 is 3.00 bits per heavy atom. The lowest BCUT2D eigenvalue weighted by atomic mass is 9.86. The fourth-order valence-corrected chi connectivity index (χ4v) is 4.33. The number of para-hydroxylation sites is 1. The van der Waals surface area contributed by atoms with Gasteiger partial charge in [-0.2, -0.15) is 0 Å². The number of nitrogens with one attached hydrogen (secondary N) is 1. The second-order valence-corrected chi connectivity index (χ2v) is 6.52. The standard InChI is InChI=1S/C17H20N2O2/c1-21-17(20)13-3-2-4-14-16(13)19-15(18-14)9-12-8-10-5-6-11(12)7-10/h2-4,10-12H,5-9H2,1H3,(H,18,19). The summed E-state index contributed by atoms with van der Waals surface area (Å²) in [5, 5.41) is 0. The van der Waals surface area contributed by atoms with E-state index in [2.05, 4.69) is 9.97 Å². The maximum absolute atomic E-state index is 11.8. The third-order valence-corrected chi connectivity index (χ3v) is 5.31. The van der Waals surface area contributed by atoms with E-state index in [9.17, 15) is 4.79 Å². The molecule has 21 heavy (non-hydrogen) atoms. The highest BCUT2D eigenvalue weighted by Crippen LogP contribution is 2.49. The Balaban J connectivity index is 1.63. The Morgan fingerprint density at radius 2 is 2.29 bits per heavy atom. The Morgan fingerprint density at radius 1 is 1.38 bits per heavy atom. The summed E-state index contributed by atoms with van der Waals surface area (Å²) in [5.74, 6) is 3.31. The van der Waals surface area contributed by atoms with Crippen LogP contribution in [0.1, 0.15) is 41.9 Å². The summed E-state index contributed by atoms with van der Waals surface area (Å²) in [4.78, 5) is 19.9. The number of nitrogens with zero attached hydrogens (tertiary/aromatic N) is 1. The lowest BCUT2D eigenvalue weighted by Crippen LogP contribution is -2.13. The molecule has 0 spiro atoms. The quantitative estimate of drug-likeness (QED) is 0.880. The van der Waals surface area contributed by atoms with Gasteiger partial charge in [0.2, 0.25) is 0 Å². The third-order valence-electron chi connectivity index (χ3n) is 5.31. The van der Waals surface area contributed by atoms with E-state index in [1.807, 2.05) is 12.1 Å². The van der Waals surface area contributed by atoms with Crippen LogP contribution in [0, 0.1) is 17.8 Å². The van der Waals surface area contributed by atoms with Crippen LogP contribution in [-0.4, -0.2) is 23.0 Å². The van der Waals surface area contributed by atoms with E-state index in [1.165, 1.54) is 32.8 Å². The molecule has 4 rings (SSSR count). The van der Waals surface area contributed by atoms with Gasteiger partial charge in [-0.15, -0.1) is 0 Å². The zero-order chi connectivity index (χ0) is 14.4. The molecule has 0 saturated heterocycles. The molecule has 110 valence electrons. The van der Waals surface area contributed by atoms with Crippen LogP contribution in [0.5, 0.6) is 0 Å². The van der Waals surface area contributed by atoms with Crippen LogP contribution < -0.4 is 0 Å². The van der Waals surface area contributed by atoms with E-state index in [-0.39, 0.29) is 5.97 Å². The molecule has 0 radical (unpaired) electrons. The minimum atomic E-state index is -0.321. The molecule has 2 aliphatic carbocycles. The summed E-state index contributed by atoms with van der Waals surface area (Å²) in [6.45, 7) is 0. The predicted molar refractivity (Wildman–Crippen MR) is 80.1 cm³/mol. The van der Waals surface area contributed by atoms with Crippen LogP contribution in [0.2, 0.25) is 0 Å². The molecule has 4 heteroatoms. The van der Waals surface area contributed by atoms with Crippen molar-refractivity contribution in [3.8, 4) is 0 Å². The van der Waals surface area contributed by atoms with E-state index in [0.29, 0.717) is 5.56 Å². The fraction of sp³-hybridized carbons (Fsp3) is 0.529. The Labute approximate surface area is 123 Å². The van der Waals surface area contributed by atoms with Gasteiger partial charge in [0.25, 0.3) is 0 Å². The monoisotopic (exact) mass is 284 g/mol. The van der Waals surface area contributed by atoms with E-state index >= 15 is 0 Å². The Kier molecular flexibility index (Phi) is 2.98. The minimum absolute atomic E-state index is 0.321. The van der Waals surface area contributed by atoms with E-state index < -0.39 is 0 Å². The number of rotatable bonds is 3. The van der Waals surface area contributed by atoms with Crippen molar-refractivity contribution in [2.24, 2.45) is 17.8 Å². The highest BCUT2D eigenvalue weighted by molar-refractivity contribution is 6.01. The number of H-pyrrole nitrogens is 1. The van der Waals surface area contributed by atoms with Crippen LogP contribution >= 0.6 is 0 Å².